The average molecular weight is 214 g/mol. The third-order valence-corrected chi connectivity index (χ3v) is 3.07. The molecule has 0 heterocycles. The summed E-state index contributed by atoms with van der Waals surface area (Å²) in [5, 5.41) is 0. The highest BCUT2D eigenvalue weighted by Gasteiger charge is 2.32. The summed E-state index contributed by atoms with van der Waals surface area (Å²) in [6, 6.07) is 0.581. The molecule has 0 amide bonds. The summed E-state index contributed by atoms with van der Waals surface area (Å²) in [5.41, 5.74) is 6.15. The first-order chi connectivity index (χ1) is 6.87. The van der Waals surface area contributed by atoms with Crippen LogP contribution in [0.2, 0.25) is 0 Å². The predicted molar refractivity (Wildman–Crippen MR) is 69.0 cm³/mol. The summed E-state index contributed by atoms with van der Waals surface area (Å²) < 4.78 is 0. The van der Waals surface area contributed by atoms with E-state index in [2.05, 4.69) is 46.4 Å². The Kier molecular flexibility index (Phi) is 6.46. The molecule has 0 aromatic rings. The molecule has 2 N–H and O–H groups in total. The maximum absolute atomic E-state index is 5.98. The van der Waals surface area contributed by atoms with E-state index in [4.69, 9.17) is 5.73 Å². The smallest absolute Gasteiger partial charge is 0.0308 e. The molecule has 0 saturated carbocycles. The second-order valence-electron chi connectivity index (χ2n) is 5.59. The molecular weight excluding hydrogens is 184 g/mol. The van der Waals surface area contributed by atoms with Crippen molar-refractivity contribution >= 4 is 0 Å². The first kappa shape index (κ1) is 14.9. The van der Waals surface area contributed by atoms with Gasteiger partial charge in [-0.2, -0.15) is 0 Å². The number of rotatable bonds is 7. The van der Waals surface area contributed by atoms with Crippen LogP contribution in [0.3, 0.4) is 0 Å². The normalized spacial score (nSPS) is 16.4. The Morgan fingerprint density at radius 3 is 2.00 bits per heavy atom. The molecule has 0 fully saturated rings. The van der Waals surface area contributed by atoms with Crippen molar-refractivity contribution in [1.82, 2.24) is 4.90 Å². The van der Waals surface area contributed by atoms with Gasteiger partial charge in [0.25, 0.3) is 0 Å². The lowest BCUT2D eigenvalue weighted by molar-refractivity contribution is 0.0582. The van der Waals surface area contributed by atoms with Gasteiger partial charge < -0.3 is 5.73 Å². The lowest BCUT2D eigenvalue weighted by Gasteiger charge is -2.44. The van der Waals surface area contributed by atoms with Crippen molar-refractivity contribution in [2.75, 3.05) is 13.1 Å². The van der Waals surface area contributed by atoms with Crippen LogP contribution in [0.1, 0.15) is 54.4 Å². The van der Waals surface area contributed by atoms with Crippen molar-refractivity contribution in [2.45, 2.75) is 66.0 Å². The van der Waals surface area contributed by atoms with Gasteiger partial charge in [0.1, 0.15) is 0 Å². The largest absolute Gasteiger partial charge is 0.329 e. The molecule has 0 bridgehead atoms. The number of nitrogens with zero attached hydrogens (tertiary/aromatic N) is 1. The molecule has 2 nitrogen and oxygen atoms in total. The molecule has 1 atom stereocenters. The SMILES string of the molecule is CCCN(C(C)C)C(C)(CN)CC(C)C. The summed E-state index contributed by atoms with van der Waals surface area (Å²) in [6.07, 6.45) is 2.38. The lowest BCUT2D eigenvalue weighted by Crippen LogP contribution is -2.55. The Hall–Kier alpha value is -0.0800. The summed E-state index contributed by atoms with van der Waals surface area (Å²) in [6.45, 7) is 15.5. The molecule has 92 valence electrons. The van der Waals surface area contributed by atoms with Crippen molar-refractivity contribution in [1.29, 1.82) is 0 Å². The van der Waals surface area contributed by atoms with Crippen molar-refractivity contribution in [2.24, 2.45) is 11.7 Å². The van der Waals surface area contributed by atoms with Crippen molar-refractivity contribution in [3.05, 3.63) is 0 Å². The minimum Gasteiger partial charge on any atom is -0.329 e. The minimum absolute atomic E-state index is 0.165. The summed E-state index contributed by atoms with van der Waals surface area (Å²) in [7, 11) is 0. The lowest BCUT2D eigenvalue weighted by atomic mass is 9.87. The highest BCUT2D eigenvalue weighted by atomic mass is 15.2. The maximum atomic E-state index is 5.98. The van der Waals surface area contributed by atoms with E-state index < -0.39 is 0 Å². The van der Waals surface area contributed by atoms with E-state index in [1.807, 2.05) is 0 Å². The van der Waals surface area contributed by atoms with Gasteiger partial charge in [0.05, 0.1) is 0 Å². The molecule has 0 aromatic heterocycles. The van der Waals surface area contributed by atoms with E-state index in [0.717, 1.165) is 13.1 Å². The second kappa shape index (κ2) is 6.49. The van der Waals surface area contributed by atoms with Gasteiger partial charge in [-0.05, 0) is 46.1 Å². The van der Waals surface area contributed by atoms with Gasteiger partial charge in [-0.25, -0.2) is 0 Å². The summed E-state index contributed by atoms with van der Waals surface area (Å²) >= 11 is 0. The first-order valence-electron chi connectivity index (χ1n) is 6.34. The standard InChI is InChI=1S/C13H30N2/c1-7-8-15(12(4)5)13(6,10-14)9-11(2)3/h11-12H,7-10,14H2,1-6H3. The first-order valence-corrected chi connectivity index (χ1v) is 6.34. The van der Waals surface area contributed by atoms with Crippen LogP contribution < -0.4 is 5.73 Å². The van der Waals surface area contributed by atoms with E-state index in [1.165, 1.54) is 12.8 Å². The predicted octanol–water partition coefficient (Wildman–Crippen LogP) is 2.87. The molecule has 0 aliphatic rings. The van der Waals surface area contributed by atoms with Crippen LogP contribution in [0, 0.1) is 5.92 Å². The molecule has 2 heteroatoms. The van der Waals surface area contributed by atoms with Crippen LogP contribution in [0.15, 0.2) is 0 Å². The summed E-state index contributed by atoms with van der Waals surface area (Å²) in [5.74, 6) is 0.705. The second-order valence-corrected chi connectivity index (χ2v) is 5.59. The molecule has 0 radical (unpaired) electrons. The number of hydrogen-bond acceptors (Lipinski definition) is 2. The van der Waals surface area contributed by atoms with Gasteiger partial charge in [-0.1, -0.05) is 20.8 Å². The Bertz CT molecular complexity index is 166. The fraction of sp³-hybridized carbons (Fsp3) is 1.00. The minimum atomic E-state index is 0.165. The van der Waals surface area contributed by atoms with Crippen LogP contribution in [-0.2, 0) is 0 Å². The maximum Gasteiger partial charge on any atom is 0.0308 e. The Morgan fingerprint density at radius 1 is 1.20 bits per heavy atom. The zero-order chi connectivity index (χ0) is 12.1. The highest BCUT2D eigenvalue weighted by Crippen LogP contribution is 2.25. The van der Waals surface area contributed by atoms with Gasteiger partial charge >= 0.3 is 0 Å². The quantitative estimate of drug-likeness (QED) is 0.706. The van der Waals surface area contributed by atoms with Crippen LogP contribution in [0.25, 0.3) is 0 Å². The van der Waals surface area contributed by atoms with Crippen LogP contribution in [0.5, 0.6) is 0 Å². The van der Waals surface area contributed by atoms with E-state index >= 15 is 0 Å². The fourth-order valence-electron chi connectivity index (χ4n) is 2.59. The van der Waals surface area contributed by atoms with E-state index in [9.17, 15) is 0 Å². The van der Waals surface area contributed by atoms with Gasteiger partial charge in [0.15, 0.2) is 0 Å². The molecule has 0 aliphatic heterocycles. The molecular formula is C13H30N2. The number of nitrogens with two attached hydrogens (primary N) is 1. The van der Waals surface area contributed by atoms with E-state index in [-0.39, 0.29) is 5.54 Å². The van der Waals surface area contributed by atoms with Gasteiger partial charge in [-0.15, -0.1) is 0 Å². The van der Waals surface area contributed by atoms with Crippen molar-refractivity contribution in [3.63, 3.8) is 0 Å². The Labute approximate surface area is 96.2 Å². The molecule has 0 saturated heterocycles. The van der Waals surface area contributed by atoms with Crippen molar-refractivity contribution < 1.29 is 0 Å². The van der Waals surface area contributed by atoms with Crippen LogP contribution in [-0.4, -0.2) is 29.6 Å². The molecule has 15 heavy (non-hydrogen) atoms. The Morgan fingerprint density at radius 2 is 1.73 bits per heavy atom. The molecule has 0 spiro atoms. The van der Waals surface area contributed by atoms with E-state index in [0.29, 0.717) is 12.0 Å². The third-order valence-electron chi connectivity index (χ3n) is 3.07. The van der Waals surface area contributed by atoms with E-state index in [1.54, 1.807) is 0 Å². The van der Waals surface area contributed by atoms with Gasteiger partial charge in [-0.3, -0.25) is 4.90 Å². The molecule has 0 aromatic carbocycles. The van der Waals surface area contributed by atoms with Gasteiger partial charge in [0.2, 0.25) is 0 Å². The van der Waals surface area contributed by atoms with Crippen LogP contribution in [0.4, 0.5) is 0 Å². The van der Waals surface area contributed by atoms with Gasteiger partial charge in [0, 0.05) is 18.1 Å². The highest BCUT2D eigenvalue weighted by molar-refractivity contribution is 4.89. The zero-order valence-corrected chi connectivity index (χ0v) is 11.5. The third kappa shape index (κ3) is 4.52. The van der Waals surface area contributed by atoms with Crippen LogP contribution >= 0.6 is 0 Å². The number of hydrogen-bond donors (Lipinski definition) is 1. The summed E-state index contributed by atoms with van der Waals surface area (Å²) in [4.78, 5) is 2.56. The average Bonchev–Trinajstić information content (AvgIpc) is 2.12. The fourth-order valence-corrected chi connectivity index (χ4v) is 2.59. The Balaban J connectivity index is 4.68. The van der Waals surface area contributed by atoms with Crippen molar-refractivity contribution in [3.8, 4) is 0 Å². The zero-order valence-electron chi connectivity index (χ0n) is 11.5. The molecule has 1 unspecified atom stereocenters. The topological polar surface area (TPSA) is 29.3 Å². The molecule has 0 aliphatic carbocycles. The molecule has 0 rings (SSSR count). The monoisotopic (exact) mass is 214 g/mol.